The Morgan fingerprint density at radius 1 is 1.29 bits per heavy atom. The molecule has 1 aromatic carbocycles. The van der Waals surface area contributed by atoms with E-state index in [4.69, 9.17) is 25.8 Å². The van der Waals surface area contributed by atoms with Crippen molar-refractivity contribution in [2.75, 3.05) is 44.3 Å². The molecule has 0 amide bonds. The molecule has 1 heterocycles. The first-order chi connectivity index (χ1) is 11.5. The Kier molecular flexibility index (Phi) is 6.05. The van der Waals surface area contributed by atoms with Gasteiger partial charge in [0.2, 0.25) is 0 Å². The molecule has 1 aliphatic heterocycles. The van der Waals surface area contributed by atoms with E-state index >= 15 is 0 Å². The van der Waals surface area contributed by atoms with Crippen LogP contribution < -0.4 is 10.2 Å². The number of esters is 2. The van der Waals surface area contributed by atoms with Gasteiger partial charge in [-0.05, 0) is 25.1 Å². The number of nitrogens with zero attached hydrogens (tertiary/aromatic N) is 1. The molecular formula is C16H19ClN2O5. The fourth-order valence-corrected chi connectivity index (χ4v) is 2.57. The van der Waals surface area contributed by atoms with E-state index in [-0.39, 0.29) is 24.6 Å². The van der Waals surface area contributed by atoms with Crippen molar-refractivity contribution in [2.45, 2.75) is 6.92 Å². The smallest absolute Gasteiger partial charge is 0.355 e. The van der Waals surface area contributed by atoms with Crippen LogP contribution >= 0.6 is 11.6 Å². The van der Waals surface area contributed by atoms with Crippen molar-refractivity contribution in [1.82, 2.24) is 0 Å². The van der Waals surface area contributed by atoms with Crippen molar-refractivity contribution in [3.8, 4) is 0 Å². The van der Waals surface area contributed by atoms with Gasteiger partial charge in [-0.25, -0.2) is 9.59 Å². The highest BCUT2D eigenvalue weighted by Crippen LogP contribution is 2.34. The molecular weight excluding hydrogens is 336 g/mol. The van der Waals surface area contributed by atoms with Gasteiger partial charge < -0.3 is 24.4 Å². The van der Waals surface area contributed by atoms with Gasteiger partial charge in [-0.15, -0.1) is 0 Å². The number of rotatable bonds is 5. The van der Waals surface area contributed by atoms with Crippen LogP contribution in [0.2, 0.25) is 5.02 Å². The number of halogens is 1. The van der Waals surface area contributed by atoms with Crippen LogP contribution in [0.25, 0.3) is 0 Å². The first-order valence-electron chi connectivity index (χ1n) is 7.32. The average molecular weight is 355 g/mol. The maximum Gasteiger partial charge on any atom is 0.355 e. The van der Waals surface area contributed by atoms with E-state index < -0.39 is 11.9 Å². The molecule has 7 nitrogen and oxygen atoms in total. The first-order valence-corrected chi connectivity index (χ1v) is 7.69. The number of hydrogen-bond acceptors (Lipinski definition) is 7. The van der Waals surface area contributed by atoms with Crippen molar-refractivity contribution in [2.24, 2.45) is 0 Å². The van der Waals surface area contributed by atoms with Gasteiger partial charge in [0.25, 0.3) is 0 Å². The Labute approximate surface area is 145 Å². The van der Waals surface area contributed by atoms with Crippen LogP contribution in [0.15, 0.2) is 29.5 Å². The standard InChI is InChI=1S/C16H19ClN2O5/c1-4-18-12-6-5-10(17)7-13(12)19-9-24-8-11(15(20)22-2)14(19)16(21)23-3/h5-7,18H,4,8-9H2,1-3H3. The largest absolute Gasteiger partial charge is 0.466 e. The first kappa shape index (κ1) is 18.1. The van der Waals surface area contributed by atoms with Crippen molar-refractivity contribution in [3.05, 3.63) is 34.5 Å². The van der Waals surface area contributed by atoms with Crippen LogP contribution in [-0.2, 0) is 23.8 Å². The molecule has 0 aromatic heterocycles. The van der Waals surface area contributed by atoms with Gasteiger partial charge in [0, 0.05) is 11.6 Å². The number of carbonyl (C=O) groups is 2. The number of anilines is 2. The molecule has 0 atom stereocenters. The Hall–Kier alpha value is -2.25. The Morgan fingerprint density at radius 3 is 2.62 bits per heavy atom. The van der Waals surface area contributed by atoms with Crippen LogP contribution in [0.5, 0.6) is 0 Å². The molecule has 0 bridgehead atoms. The number of hydrogen-bond donors (Lipinski definition) is 1. The fourth-order valence-electron chi connectivity index (χ4n) is 2.40. The van der Waals surface area contributed by atoms with Crippen molar-refractivity contribution in [1.29, 1.82) is 0 Å². The molecule has 0 fully saturated rings. The molecule has 1 aromatic rings. The summed E-state index contributed by atoms with van der Waals surface area (Å²) in [4.78, 5) is 25.9. The maximum absolute atomic E-state index is 12.3. The van der Waals surface area contributed by atoms with Gasteiger partial charge in [0.15, 0.2) is 0 Å². The minimum absolute atomic E-state index is 0.0370. The molecule has 1 aliphatic rings. The highest BCUT2D eigenvalue weighted by molar-refractivity contribution is 6.31. The normalized spacial score (nSPS) is 14.4. The van der Waals surface area contributed by atoms with Crippen LogP contribution in [0, 0.1) is 0 Å². The molecule has 1 N–H and O–H groups in total. The second kappa shape index (κ2) is 8.03. The second-order valence-corrected chi connectivity index (χ2v) is 5.34. The molecule has 0 spiro atoms. The lowest BCUT2D eigenvalue weighted by Gasteiger charge is -2.32. The third kappa shape index (κ3) is 3.63. The lowest BCUT2D eigenvalue weighted by molar-refractivity contribution is -0.140. The van der Waals surface area contributed by atoms with E-state index in [2.05, 4.69) is 5.32 Å². The van der Waals surface area contributed by atoms with E-state index in [9.17, 15) is 9.59 Å². The maximum atomic E-state index is 12.3. The van der Waals surface area contributed by atoms with E-state index in [1.165, 1.54) is 14.2 Å². The van der Waals surface area contributed by atoms with Crippen molar-refractivity contribution < 1.29 is 23.8 Å². The van der Waals surface area contributed by atoms with E-state index in [1.807, 2.05) is 6.92 Å². The summed E-state index contributed by atoms with van der Waals surface area (Å²) in [6.07, 6.45) is 0. The summed E-state index contributed by atoms with van der Waals surface area (Å²) >= 11 is 6.10. The van der Waals surface area contributed by atoms with Gasteiger partial charge in [0.1, 0.15) is 12.4 Å². The molecule has 8 heteroatoms. The zero-order chi connectivity index (χ0) is 17.7. The zero-order valence-electron chi connectivity index (χ0n) is 13.7. The zero-order valence-corrected chi connectivity index (χ0v) is 14.5. The lowest BCUT2D eigenvalue weighted by Crippen LogP contribution is -2.39. The monoisotopic (exact) mass is 354 g/mol. The highest BCUT2D eigenvalue weighted by atomic mass is 35.5. The summed E-state index contributed by atoms with van der Waals surface area (Å²) < 4.78 is 15.0. The van der Waals surface area contributed by atoms with E-state index in [1.54, 1.807) is 23.1 Å². The molecule has 0 radical (unpaired) electrons. The quantitative estimate of drug-likeness (QED) is 0.812. The van der Waals surface area contributed by atoms with Crippen molar-refractivity contribution >= 4 is 34.9 Å². The van der Waals surface area contributed by atoms with Crippen molar-refractivity contribution in [3.63, 3.8) is 0 Å². The Morgan fingerprint density at radius 2 is 2.00 bits per heavy atom. The SMILES string of the molecule is CCNc1ccc(Cl)cc1N1COCC(C(=O)OC)=C1C(=O)OC. The molecule has 24 heavy (non-hydrogen) atoms. The van der Waals surface area contributed by atoms with Crippen LogP contribution in [0.4, 0.5) is 11.4 Å². The second-order valence-electron chi connectivity index (χ2n) is 4.91. The van der Waals surface area contributed by atoms with E-state index in [0.29, 0.717) is 17.3 Å². The summed E-state index contributed by atoms with van der Waals surface area (Å²) in [6, 6.07) is 5.21. The van der Waals surface area contributed by atoms with Crippen LogP contribution in [-0.4, -0.2) is 46.0 Å². The Bertz CT molecular complexity index is 674. The van der Waals surface area contributed by atoms with Gasteiger partial charge in [-0.2, -0.15) is 0 Å². The van der Waals surface area contributed by atoms with Gasteiger partial charge in [-0.1, -0.05) is 11.6 Å². The third-order valence-electron chi connectivity index (χ3n) is 3.45. The molecule has 0 saturated carbocycles. The fraction of sp³-hybridized carbons (Fsp3) is 0.375. The highest BCUT2D eigenvalue weighted by Gasteiger charge is 2.33. The topological polar surface area (TPSA) is 77.1 Å². The number of carbonyl (C=O) groups excluding carboxylic acids is 2. The summed E-state index contributed by atoms with van der Waals surface area (Å²) in [5, 5.41) is 3.68. The molecule has 0 saturated heterocycles. The number of methoxy groups -OCH3 is 2. The average Bonchev–Trinajstić information content (AvgIpc) is 2.61. The minimum atomic E-state index is -0.652. The van der Waals surface area contributed by atoms with Gasteiger partial charge >= 0.3 is 11.9 Å². The van der Waals surface area contributed by atoms with Gasteiger partial charge in [-0.3, -0.25) is 0 Å². The predicted octanol–water partition coefficient (Wildman–Crippen LogP) is 2.17. The molecule has 130 valence electrons. The van der Waals surface area contributed by atoms with E-state index in [0.717, 1.165) is 5.69 Å². The Balaban J connectivity index is 2.61. The summed E-state index contributed by atoms with van der Waals surface area (Å²) in [6.45, 7) is 2.65. The van der Waals surface area contributed by atoms with Crippen LogP contribution in [0.3, 0.4) is 0 Å². The minimum Gasteiger partial charge on any atom is -0.466 e. The summed E-state index contributed by atoms with van der Waals surface area (Å²) in [7, 11) is 2.49. The lowest BCUT2D eigenvalue weighted by atomic mass is 10.1. The molecule has 2 rings (SSSR count). The van der Waals surface area contributed by atoms with Gasteiger partial charge in [0.05, 0.1) is 37.8 Å². The molecule has 0 unspecified atom stereocenters. The summed E-state index contributed by atoms with van der Waals surface area (Å²) in [5.41, 5.74) is 1.53. The number of ether oxygens (including phenoxy) is 3. The number of nitrogens with one attached hydrogen (secondary N) is 1. The predicted molar refractivity (Wildman–Crippen MR) is 90.0 cm³/mol. The summed E-state index contributed by atoms with van der Waals surface area (Å²) in [5.74, 6) is -1.30. The van der Waals surface area contributed by atoms with Crippen LogP contribution in [0.1, 0.15) is 6.92 Å². The molecule has 0 aliphatic carbocycles. The third-order valence-corrected chi connectivity index (χ3v) is 3.69. The number of benzene rings is 1.